The maximum atomic E-state index is 13.0. The number of aromatic nitrogens is 1. The molecule has 2 aliphatic heterocycles. The van der Waals surface area contributed by atoms with Gasteiger partial charge in [0.05, 0.1) is 19.3 Å². The fourth-order valence-electron chi connectivity index (χ4n) is 3.41. The molecule has 1 aromatic heterocycles. The van der Waals surface area contributed by atoms with Crippen molar-refractivity contribution in [1.29, 1.82) is 0 Å². The summed E-state index contributed by atoms with van der Waals surface area (Å²) in [5, 5.41) is 0. The Hall–Kier alpha value is -2.40. The molecule has 2 aromatic rings. The van der Waals surface area contributed by atoms with Crippen LogP contribution in [0.3, 0.4) is 0 Å². The predicted octanol–water partition coefficient (Wildman–Crippen LogP) is 3.01. The van der Waals surface area contributed by atoms with Gasteiger partial charge in [0.25, 0.3) is 5.91 Å². The molecular formula is C20H22N2O3. The third kappa shape index (κ3) is 3.51. The summed E-state index contributed by atoms with van der Waals surface area (Å²) < 4.78 is 11.6. The number of hydrogen-bond donors (Lipinski definition) is 0. The minimum Gasteiger partial charge on any atom is -0.492 e. The van der Waals surface area contributed by atoms with Crippen molar-refractivity contribution in [2.75, 3.05) is 26.3 Å². The van der Waals surface area contributed by atoms with Crippen LogP contribution in [0.25, 0.3) is 0 Å². The summed E-state index contributed by atoms with van der Waals surface area (Å²) in [7, 11) is 0. The fourth-order valence-corrected chi connectivity index (χ4v) is 3.41. The smallest absolute Gasteiger partial charge is 0.272 e. The van der Waals surface area contributed by atoms with E-state index in [-0.39, 0.29) is 12.0 Å². The van der Waals surface area contributed by atoms with E-state index < -0.39 is 0 Å². The molecule has 0 spiro atoms. The van der Waals surface area contributed by atoms with Crippen molar-refractivity contribution in [2.24, 2.45) is 0 Å². The molecule has 1 fully saturated rings. The highest BCUT2D eigenvalue weighted by atomic mass is 16.5. The molecular weight excluding hydrogens is 316 g/mol. The molecule has 0 bridgehead atoms. The zero-order valence-corrected chi connectivity index (χ0v) is 14.2. The first kappa shape index (κ1) is 16.1. The lowest BCUT2D eigenvalue weighted by atomic mass is 10.1. The van der Waals surface area contributed by atoms with Crippen LogP contribution in [-0.4, -0.2) is 42.1 Å². The van der Waals surface area contributed by atoms with Gasteiger partial charge in [0.1, 0.15) is 17.5 Å². The Labute approximate surface area is 147 Å². The second-order valence-corrected chi connectivity index (χ2v) is 6.50. The van der Waals surface area contributed by atoms with E-state index in [1.165, 1.54) is 0 Å². The molecule has 1 unspecified atom stereocenters. The molecule has 0 radical (unpaired) electrons. The van der Waals surface area contributed by atoms with Gasteiger partial charge >= 0.3 is 0 Å². The first-order valence-electron chi connectivity index (χ1n) is 8.89. The van der Waals surface area contributed by atoms with Crippen molar-refractivity contribution >= 4 is 5.91 Å². The Morgan fingerprint density at radius 1 is 1.16 bits per heavy atom. The van der Waals surface area contributed by atoms with E-state index >= 15 is 0 Å². The number of carbonyl (C=O) groups is 1. The minimum atomic E-state index is -0.0892. The van der Waals surface area contributed by atoms with Crippen LogP contribution >= 0.6 is 0 Å². The number of carbonyl (C=O) groups excluding carboxylic acids is 1. The van der Waals surface area contributed by atoms with Crippen LogP contribution in [0.5, 0.6) is 5.75 Å². The van der Waals surface area contributed by atoms with Gasteiger partial charge in [0, 0.05) is 13.2 Å². The minimum absolute atomic E-state index is 0.0280. The molecule has 1 aromatic carbocycles. The van der Waals surface area contributed by atoms with Crippen molar-refractivity contribution in [3.63, 3.8) is 0 Å². The average molecular weight is 338 g/mol. The lowest BCUT2D eigenvalue weighted by molar-refractivity contribution is 0.0470. The number of rotatable bonds is 2. The second kappa shape index (κ2) is 7.23. The number of aryl methyl sites for hydroxylation is 1. The summed E-state index contributed by atoms with van der Waals surface area (Å²) in [6, 6.07) is 12.0. The van der Waals surface area contributed by atoms with E-state index in [1.807, 2.05) is 41.3 Å². The van der Waals surface area contributed by atoms with Gasteiger partial charge in [-0.1, -0.05) is 30.3 Å². The topological polar surface area (TPSA) is 51.7 Å². The van der Waals surface area contributed by atoms with Crippen LogP contribution in [0.1, 0.15) is 40.6 Å². The molecule has 25 heavy (non-hydrogen) atoms. The maximum Gasteiger partial charge on any atom is 0.272 e. The molecule has 3 heterocycles. The van der Waals surface area contributed by atoms with Gasteiger partial charge in [-0.2, -0.15) is 0 Å². The molecule has 5 heteroatoms. The largest absolute Gasteiger partial charge is 0.492 e. The van der Waals surface area contributed by atoms with Gasteiger partial charge in [0.2, 0.25) is 0 Å². The Morgan fingerprint density at radius 2 is 2.04 bits per heavy atom. The number of pyridine rings is 1. The van der Waals surface area contributed by atoms with E-state index in [0.29, 0.717) is 25.4 Å². The normalized spacial score (nSPS) is 20.3. The summed E-state index contributed by atoms with van der Waals surface area (Å²) >= 11 is 0. The number of benzene rings is 1. The summed E-state index contributed by atoms with van der Waals surface area (Å²) in [5.74, 6) is 0.781. The highest BCUT2D eigenvalue weighted by molar-refractivity contribution is 5.92. The molecule has 0 N–H and O–H groups in total. The van der Waals surface area contributed by atoms with Crippen molar-refractivity contribution in [2.45, 2.75) is 25.4 Å². The molecule has 130 valence electrons. The maximum absolute atomic E-state index is 13.0. The molecule has 2 aliphatic rings. The van der Waals surface area contributed by atoms with E-state index in [2.05, 4.69) is 4.98 Å². The zero-order valence-electron chi connectivity index (χ0n) is 14.2. The number of hydrogen-bond acceptors (Lipinski definition) is 4. The van der Waals surface area contributed by atoms with Crippen LogP contribution in [0.15, 0.2) is 42.6 Å². The number of nitrogens with zero attached hydrogens (tertiary/aromatic N) is 2. The van der Waals surface area contributed by atoms with E-state index in [0.717, 1.165) is 42.7 Å². The van der Waals surface area contributed by atoms with Crippen molar-refractivity contribution < 1.29 is 14.3 Å². The lowest BCUT2D eigenvalue weighted by Crippen LogP contribution is -2.35. The highest BCUT2D eigenvalue weighted by Gasteiger charge is 2.26. The summed E-state index contributed by atoms with van der Waals surface area (Å²) in [6.07, 6.45) is 4.36. The molecule has 4 rings (SSSR count). The third-order valence-corrected chi connectivity index (χ3v) is 4.75. The van der Waals surface area contributed by atoms with Gasteiger partial charge < -0.3 is 14.4 Å². The van der Waals surface area contributed by atoms with Crippen molar-refractivity contribution in [3.8, 4) is 5.75 Å². The quantitative estimate of drug-likeness (QED) is 0.845. The zero-order chi connectivity index (χ0) is 17.1. The molecule has 0 saturated carbocycles. The third-order valence-electron chi connectivity index (χ3n) is 4.75. The molecule has 0 aliphatic carbocycles. The standard InChI is InChI=1S/C20H22N2O3/c23-20(17-12-16-8-4-10-24-18(16)13-21-17)22-9-5-11-25-19(14-22)15-6-2-1-3-7-15/h1-3,6-7,12-13,19H,4-5,8-11,14H2. The van der Waals surface area contributed by atoms with Gasteiger partial charge in [-0.15, -0.1) is 0 Å². The lowest BCUT2D eigenvalue weighted by Gasteiger charge is -2.24. The van der Waals surface area contributed by atoms with Crippen LogP contribution in [0.2, 0.25) is 0 Å². The molecule has 1 saturated heterocycles. The Kier molecular flexibility index (Phi) is 4.65. The number of amides is 1. The average Bonchev–Trinajstić information content (AvgIpc) is 2.94. The van der Waals surface area contributed by atoms with Crippen LogP contribution in [-0.2, 0) is 11.2 Å². The monoisotopic (exact) mass is 338 g/mol. The van der Waals surface area contributed by atoms with Gasteiger partial charge in [-0.25, -0.2) is 4.98 Å². The summed E-state index contributed by atoms with van der Waals surface area (Å²) in [5.41, 5.74) is 2.68. The fraction of sp³-hybridized carbons (Fsp3) is 0.400. The van der Waals surface area contributed by atoms with E-state index in [1.54, 1.807) is 6.20 Å². The Balaban J connectivity index is 1.54. The predicted molar refractivity (Wildman–Crippen MR) is 93.7 cm³/mol. The highest BCUT2D eigenvalue weighted by Crippen LogP contribution is 2.26. The van der Waals surface area contributed by atoms with Crippen LogP contribution in [0, 0.1) is 0 Å². The van der Waals surface area contributed by atoms with Gasteiger partial charge in [0.15, 0.2) is 0 Å². The Bertz CT molecular complexity index is 748. The van der Waals surface area contributed by atoms with Gasteiger partial charge in [-0.3, -0.25) is 4.79 Å². The van der Waals surface area contributed by atoms with Crippen LogP contribution < -0.4 is 4.74 Å². The summed E-state index contributed by atoms with van der Waals surface area (Å²) in [4.78, 5) is 19.2. The SMILES string of the molecule is O=C(c1cc2c(cn1)OCCC2)N1CCCOC(c2ccccc2)C1. The summed E-state index contributed by atoms with van der Waals surface area (Å²) in [6.45, 7) is 2.63. The Morgan fingerprint density at radius 3 is 2.92 bits per heavy atom. The van der Waals surface area contributed by atoms with Crippen molar-refractivity contribution in [1.82, 2.24) is 9.88 Å². The molecule has 5 nitrogen and oxygen atoms in total. The second-order valence-electron chi connectivity index (χ2n) is 6.50. The first-order chi connectivity index (χ1) is 12.3. The number of ether oxygens (including phenoxy) is 2. The number of fused-ring (bicyclic) bond motifs is 1. The van der Waals surface area contributed by atoms with Crippen molar-refractivity contribution in [3.05, 3.63) is 59.4 Å². The molecule has 1 atom stereocenters. The van der Waals surface area contributed by atoms with E-state index in [9.17, 15) is 4.79 Å². The first-order valence-corrected chi connectivity index (χ1v) is 8.89. The van der Waals surface area contributed by atoms with E-state index in [4.69, 9.17) is 9.47 Å². The van der Waals surface area contributed by atoms with Crippen LogP contribution in [0.4, 0.5) is 0 Å². The molecule has 1 amide bonds. The van der Waals surface area contributed by atoms with Gasteiger partial charge in [-0.05, 0) is 36.5 Å².